The SMILES string of the molecule is C=C1C=CC2=C3C(=CC=C(C)C13)/C2=C/c1ccc(-c2ccc(C=c3c4ccc(C)c5c(C)ccc3c54)c(C)c2)cc1OC. The first-order chi connectivity index (χ1) is 20.8. The van der Waals surface area contributed by atoms with Crippen molar-refractivity contribution in [1.29, 1.82) is 0 Å². The molecule has 0 amide bonds. The van der Waals surface area contributed by atoms with Crippen molar-refractivity contribution >= 4 is 33.7 Å². The summed E-state index contributed by atoms with van der Waals surface area (Å²) in [5.41, 5.74) is 16.6. The zero-order chi connectivity index (χ0) is 29.6. The van der Waals surface area contributed by atoms with Crippen LogP contribution in [-0.2, 0) is 0 Å². The molecule has 1 atom stereocenters. The van der Waals surface area contributed by atoms with Crippen LogP contribution in [0.2, 0.25) is 0 Å². The highest BCUT2D eigenvalue weighted by Gasteiger charge is 2.38. The van der Waals surface area contributed by atoms with Crippen molar-refractivity contribution in [2.75, 3.05) is 7.11 Å². The highest BCUT2D eigenvalue weighted by molar-refractivity contribution is 6.19. The molecule has 0 saturated carbocycles. The molecule has 0 aromatic heterocycles. The monoisotopic (exact) mass is 554 g/mol. The van der Waals surface area contributed by atoms with E-state index < -0.39 is 0 Å². The fourth-order valence-corrected chi connectivity index (χ4v) is 7.54. The van der Waals surface area contributed by atoms with E-state index in [0.29, 0.717) is 5.92 Å². The van der Waals surface area contributed by atoms with Crippen LogP contribution in [0.15, 0.2) is 125 Å². The van der Waals surface area contributed by atoms with Crippen molar-refractivity contribution in [2.45, 2.75) is 27.7 Å². The minimum atomic E-state index is 0.324. The van der Waals surface area contributed by atoms with Crippen LogP contribution in [0.25, 0.3) is 44.8 Å². The first-order valence-corrected chi connectivity index (χ1v) is 15.1. The third-order valence-corrected chi connectivity index (χ3v) is 9.85. The molecule has 5 aromatic carbocycles. The van der Waals surface area contributed by atoms with Crippen LogP contribution >= 0.6 is 0 Å². The van der Waals surface area contributed by atoms with Gasteiger partial charge in [-0.1, -0.05) is 91.1 Å². The number of ether oxygens (including phenoxy) is 1. The second-order valence-electron chi connectivity index (χ2n) is 12.4. The largest absolute Gasteiger partial charge is 0.496 e. The fraction of sp³-hybridized carbons (Fsp3) is 0.143. The quantitative estimate of drug-likeness (QED) is 0.215. The molecule has 0 heterocycles. The molecule has 0 bridgehead atoms. The first kappa shape index (κ1) is 25.8. The van der Waals surface area contributed by atoms with E-state index in [2.05, 4.69) is 131 Å². The van der Waals surface area contributed by atoms with E-state index in [9.17, 15) is 0 Å². The van der Waals surface area contributed by atoms with Gasteiger partial charge in [0.15, 0.2) is 0 Å². The summed E-state index contributed by atoms with van der Waals surface area (Å²) < 4.78 is 5.92. The molecule has 5 aromatic rings. The van der Waals surface area contributed by atoms with Gasteiger partial charge < -0.3 is 4.74 Å². The number of aryl methyl sites for hydroxylation is 3. The summed E-state index contributed by atoms with van der Waals surface area (Å²) >= 11 is 0. The molecule has 0 saturated heterocycles. The summed E-state index contributed by atoms with van der Waals surface area (Å²) in [5.74, 6) is 1.21. The zero-order valence-electron chi connectivity index (χ0n) is 25.4. The standard InChI is InChI=1S/C42H34O/c1-23-7-15-32-36(33-16-8-24(2)39(23)41(32)33)20-28-11-12-29(19-27(28)5)30-13-14-31(38(22-30)43-6)21-37-34-17-9-25(3)40-26(4)10-18-35(37)42(34)40/h7-22,40H,3H2,1-2,4-6H3/b37-21+. The highest BCUT2D eigenvalue weighted by Crippen LogP contribution is 2.54. The predicted molar refractivity (Wildman–Crippen MR) is 183 cm³/mol. The summed E-state index contributed by atoms with van der Waals surface area (Å²) in [6.07, 6.45) is 13.5. The van der Waals surface area contributed by atoms with Crippen molar-refractivity contribution in [3.63, 3.8) is 0 Å². The minimum absolute atomic E-state index is 0.324. The Labute approximate surface area is 253 Å². The first-order valence-electron chi connectivity index (χ1n) is 15.1. The Kier molecular flexibility index (Phi) is 5.59. The van der Waals surface area contributed by atoms with Gasteiger partial charge in [0.1, 0.15) is 5.75 Å². The average Bonchev–Trinajstić information content (AvgIpc) is 2.99. The molecule has 0 N–H and O–H groups in total. The van der Waals surface area contributed by atoms with Gasteiger partial charge in [0, 0.05) is 11.5 Å². The third kappa shape index (κ3) is 3.71. The molecule has 3 aliphatic rings. The molecule has 0 aliphatic heterocycles. The van der Waals surface area contributed by atoms with Gasteiger partial charge in [-0.25, -0.2) is 0 Å². The summed E-state index contributed by atoms with van der Waals surface area (Å²) in [7, 11) is 1.76. The Bertz CT molecular complexity index is 2210. The number of hydrogen-bond donors (Lipinski definition) is 0. The van der Waals surface area contributed by atoms with E-state index >= 15 is 0 Å². The Morgan fingerprint density at radius 1 is 0.698 bits per heavy atom. The van der Waals surface area contributed by atoms with Gasteiger partial charge in [0.2, 0.25) is 0 Å². The predicted octanol–water partition coefficient (Wildman–Crippen LogP) is 9.90. The molecular weight excluding hydrogens is 520 g/mol. The van der Waals surface area contributed by atoms with E-state index in [4.69, 9.17) is 4.74 Å². The lowest BCUT2D eigenvalue weighted by atomic mass is 9.63. The van der Waals surface area contributed by atoms with Crippen molar-refractivity contribution in [3.8, 4) is 16.9 Å². The lowest BCUT2D eigenvalue weighted by Crippen LogP contribution is -2.25. The molecule has 1 unspecified atom stereocenters. The van der Waals surface area contributed by atoms with Crippen LogP contribution in [0.4, 0.5) is 0 Å². The van der Waals surface area contributed by atoms with Gasteiger partial charge in [-0.3, -0.25) is 0 Å². The number of benzene rings is 4. The molecule has 43 heavy (non-hydrogen) atoms. The van der Waals surface area contributed by atoms with Crippen LogP contribution in [0.1, 0.15) is 34.7 Å². The van der Waals surface area contributed by atoms with Crippen molar-refractivity contribution < 1.29 is 4.74 Å². The van der Waals surface area contributed by atoms with Gasteiger partial charge in [-0.15, -0.1) is 0 Å². The summed E-state index contributed by atoms with van der Waals surface area (Å²) in [6, 6.07) is 22.4. The third-order valence-electron chi connectivity index (χ3n) is 9.85. The van der Waals surface area contributed by atoms with E-state index in [0.717, 1.165) is 16.9 Å². The average molecular weight is 555 g/mol. The highest BCUT2D eigenvalue weighted by atomic mass is 16.5. The lowest BCUT2D eigenvalue weighted by Gasteiger charge is -2.40. The van der Waals surface area contributed by atoms with E-state index in [-0.39, 0.29) is 0 Å². The van der Waals surface area contributed by atoms with Crippen molar-refractivity contribution in [2.24, 2.45) is 5.92 Å². The van der Waals surface area contributed by atoms with Gasteiger partial charge in [0.25, 0.3) is 0 Å². The molecule has 0 fully saturated rings. The van der Waals surface area contributed by atoms with Crippen LogP contribution in [0.3, 0.4) is 0 Å². The van der Waals surface area contributed by atoms with Gasteiger partial charge in [0.05, 0.1) is 7.11 Å². The normalized spacial score (nSPS) is 18.3. The van der Waals surface area contributed by atoms with Gasteiger partial charge in [-0.2, -0.15) is 0 Å². The zero-order valence-corrected chi connectivity index (χ0v) is 25.4. The Hall–Kier alpha value is -4.88. The Balaban J connectivity index is 1.14. The number of hydrogen-bond acceptors (Lipinski definition) is 1. The fourth-order valence-electron chi connectivity index (χ4n) is 7.54. The maximum Gasteiger partial charge on any atom is 0.126 e. The molecule has 0 spiro atoms. The molecule has 208 valence electrons. The lowest BCUT2D eigenvalue weighted by molar-refractivity contribution is 0.414. The summed E-state index contributed by atoms with van der Waals surface area (Å²) in [5, 5.41) is 6.91. The van der Waals surface area contributed by atoms with E-state index in [1.807, 2.05) is 0 Å². The van der Waals surface area contributed by atoms with Crippen LogP contribution in [0.5, 0.6) is 5.75 Å². The summed E-state index contributed by atoms with van der Waals surface area (Å²) in [4.78, 5) is 0. The molecule has 1 nitrogen and oxygen atoms in total. The van der Waals surface area contributed by atoms with Crippen LogP contribution in [0, 0.1) is 26.7 Å². The molecule has 0 radical (unpaired) electrons. The topological polar surface area (TPSA) is 9.23 Å². The maximum atomic E-state index is 5.92. The van der Waals surface area contributed by atoms with Gasteiger partial charge in [-0.05, 0) is 134 Å². The Morgan fingerprint density at radius 2 is 1.40 bits per heavy atom. The molecule has 1 heteroatoms. The second kappa shape index (κ2) is 9.31. The maximum absolute atomic E-state index is 5.92. The van der Waals surface area contributed by atoms with Crippen molar-refractivity contribution in [3.05, 3.63) is 158 Å². The number of methoxy groups -OCH3 is 1. The van der Waals surface area contributed by atoms with Crippen LogP contribution in [-0.4, -0.2) is 7.11 Å². The smallest absolute Gasteiger partial charge is 0.126 e. The second-order valence-corrected chi connectivity index (χ2v) is 12.4. The summed E-state index contributed by atoms with van der Waals surface area (Å²) in [6.45, 7) is 13.1. The van der Waals surface area contributed by atoms with E-state index in [1.165, 1.54) is 88.0 Å². The number of allylic oxidation sites excluding steroid dienone is 10. The number of rotatable bonds is 4. The molecule has 8 rings (SSSR count). The van der Waals surface area contributed by atoms with Crippen LogP contribution < -0.4 is 9.96 Å². The Morgan fingerprint density at radius 3 is 2.09 bits per heavy atom. The minimum Gasteiger partial charge on any atom is -0.496 e. The van der Waals surface area contributed by atoms with Crippen molar-refractivity contribution in [1.82, 2.24) is 0 Å². The van der Waals surface area contributed by atoms with Gasteiger partial charge >= 0.3 is 0 Å². The molecule has 3 aliphatic carbocycles. The molecular formula is C42H34O. The van der Waals surface area contributed by atoms with E-state index in [1.54, 1.807) is 7.11 Å².